The number of hydrogen-bond donors (Lipinski definition) is 1. The Morgan fingerprint density at radius 1 is 1.40 bits per heavy atom. The van der Waals surface area contributed by atoms with Gasteiger partial charge in [-0.15, -0.1) is 11.8 Å². The number of carboxylic acids is 1. The van der Waals surface area contributed by atoms with Crippen molar-refractivity contribution in [3.63, 3.8) is 0 Å². The minimum absolute atomic E-state index is 0.165. The van der Waals surface area contributed by atoms with Gasteiger partial charge in [0, 0.05) is 38.9 Å². The third-order valence-electron chi connectivity index (χ3n) is 4.14. The van der Waals surface area contributed by atoms with E-state index < -0.39 is 16.8 Å². The van der Waals surface area contributed by atoms with E-state index >= 15 is 0 Å². The standard InChI is InChI=1S/C15H18O3S2/c16-14(17)7-15(5-6-15)10-20(18)9-11-8-19-13-4-2-1-3-12(11)13/h1-4,11H,5-10H2,(H,16,17). The number of thioether (sulfide) groups is 1. The molecule has 1 aromatic carbocycles. The van der Waals surface area contributed by atoms with Crippen molar-refractivity contribution < 1.29 is 14.1 Å². The van der Waals surface area contributed by atoms with Crippen molar-refractivity contribution in [2.75, 3.05) is 17.3 Å². The van der Waals surface area contributed by atoms with Crippen molar-refractivity contribution in [3.8, 4) is 0 Å². The molecule has 1 N–H and O–H groups in total. The molecule has 5 heteroatoms. The molecule has 1 fully saturated rings. The monoisotopic (exact) mass is 310 g/mol. The predicted octanol–water partition coefficient (Wildman–Crippen LogP) is 2.88. The van der Waals surface area contributed by atoms with E-state index in [-0.39, 0.29) is 11.8 Å². The summed E-state index contributed by atoms with van der Waals surface area (Å²) in [5.74, 6) is 1.82. The lowest BCUT2D eigenvalue weighted by atomic mass is 10.0. The number of aliphatic carboxylic acids is 1. The second kappa shape index (κ2) is 5.53. The van der Waals surface area contributed by atoms with Crippen molar-refractivity contribution in [1.29, 1.82) is 0 Å². The molecule has 1 saturated carbocycles. The van der Waals surface area contributed by atoms with Gasteiger partial charge in [-0.05, 0) is 29.9 Å². The van der Waals surface area contributed by atoms with Crippen LogP contribution in [0.2, 0.25) is 0 Å². The first kappa shape index (κ1) is 14.1. The summed E-state index contributed by atoms with van der Waals surface area (Å²) in [6.45, 7) is 0. The molecule has 3 rings (SSSR count). The minimum Gasteiger partial charge on any atom is -0.481 e. The van der Waals surface area contributed by atoms with Gasteiger partial charge in [-0.1, -0.05) is 18.2 Å². The van der Waals surface area contributed by atoms with Crippen LogP contribution in [0, 0.1) is 5.41 Å². The molecule has 2 atom stereocenters. The average molecular weight is 310 g/mol. The minimum atomic E-state index is -0.917. The Kier molecular flexibility index (Phi) is 3.91. The van der Waals surface area contributed by atoms with E-state index in [1.54, 1.807) is 0 Å². The predicted molar refractivity (Wildman–Crippen MR) is 81.7 cm³/mol. The van der Waals surface area contributed by atoms with Gasteiger partial charge in [0.2, 0.25) is 0 Å². The van der Waals surface area contributed by atoms with Gasteiger partial charge >= 0.3 is 5.97 Å². The first-order chi connectivity index (χ1) is 9.58. The number of carbonyl (C=O) groups is 1. The largest absolute Gasteiger partial charge is 0.481 e. The maximum Gasteiger partial charge on any atom is 0.303 e. The SMILES string of the molecule is O=C(O)CC1(CS(=O)CC2CSc3ccccc32)CC1. The van der Waals surface area contributed by atoms with Crippen LogP contribution in [0.4, 0.5) is 0 Å². The van der Waals surface area contributed by atoms with Gasteiger partial charge < -0.3 is 5.11 Å². The lowest BCUT2D eigenvalue weighted by molar-refractivity contribution is -0.138. The van der Waals surface area contributed by atoms with Crippen LogP contribution in [0.25, 0.3) is 0 Å². The molecule has 1 aromatic rings. The molecule has 2 unspecified atom stereocenters. The number of carboxylic acid groups (broad SMARTS) is 1. The summed E-state index contributed by atoms with van der Waals surface area (Å²) in [6, 6.07) is 8.32. The molecule has 20 heavy (non-hydrogen) atoms. The third-order valence-corrected chi connectivity index (χ3v) is 7.10. The fraction of sp³-hybridized carbons (Fsp3) is 0.533. The molecule has 3 nitrogen and oxygen atoms in total. The van der Waals surface area contributed by atoms with Crippen LogP contribution in [-0.2, 0) is 15.6 Å². The quantitative estimate of drug-likeness (QED) is 0.878. The number of hydrogen-bond acceptors (Lipinski definition) is 3. The summed E-state index contributed by atoms with van der Waals surface area (Å²) < 4.78 is 12.4. The van der Waals surface area contributed by atoms with Crippen LogP contribution >= 0.6 is 11.8 Å². The Morgan fingerprint density at radius 3 is 2.85 bits per heavy atom. The lowest BCUT2D eigenvalue weighted by Crippen LogP contribution is -2.20. The fourth-order valence-corrected chi connectivity index (χ4v) is 6.20. The van der Waals surface area contributed by atoms with E-state index in [9.17, 15) is 9.00 Å². The molecule has 0 aromatic heterocycles. The molecule has 0 saturated heterocycles. The highest BCUT2D eigenvalue weighted by Crippen LogP contribution is 2.50. The van der Waals surface area contributed by atoms with Crippen molar-refractivity contribution in [2.24, 2.45) is 5.41 Å². The molecule has 0 spiro atoms. The Hall–Kier alpha value is -0.810. The molecule has 1 aliphatic heterocycles. The van der Waals surface area contributed by atoms with Gasteiger partial charge in [0.15, 0.2) is 0 Å². The second-order valence-electron chi connectivity index (χ2n) is 5.87. The molecular weight excluding hydrogens is 292 g/mol. The molecule has 0 amide bonds. The van der Waals surface area contributed by atoms with Gasteiger partial charge in [0.25, 0.3) is 0 Å². The zero-order valence-corrected chi connectivity index (χ0v) is 12.8. The van der Waals surface area contributed by atoms with Crippen LogP contribution < -0.4 is 0 Å². The second-order valence-corrected chi connectivity index (χ2v) is 8.43. The summed E-state index contributed by atoms with van der Waals surface area (Å²) in [5.41, 5.74) is 1.15. The van der Waals surface area contributed by atoms with Crippen LogP contribution in [0.15, 0.2) is 29.2 Å². The summed E-state index contributed by atoms with van der Waals surface area (Å²) in [7, 11) is -0.917. The average Bonchev–Trinajstić information content (AvgIpc) is 3.00. The number of fused-ring (bicyclic) bond motifs is 1. The highest BCUT2D eigenvalue weighted by atomic mass is 32.2. The maximum absolute atomic E-state index is 12.4. The van der Waals surface area contributed by atoms with Gasteiger partial charge in [-0.25, -0.2) is 0 Å². The normalized spacial score (nSPS) is 24.1. The highest BCUT2D eigenvalue weighted by molar-refractivity contribution is 7.99. The number of rotatable bonds is 6. The van der Waals surface area contributed by atoms with Gasteiger partial charge in [0.05, 0.1) is 6.42 Å². The van der Waals surface area contributed by atoms with E-state index in [0.29, 0.717) is 17.4 Å². The van der Waals surface area contributed by atoms with Crippen LogP contribution in [0.5, 0.6) is 0 Å². The molecule has 0 bridgehead atoms. The summed E-state index contributed by atoms with van der Waals surface area (Å²) in [4.78, 5) is 12.1. The topological polar surface area (TPSA) is 54.4 Å². The van der Waals surface area contributed by atoms with E-state index in [1.165, 1.54) is 10.5 Å². The molecular formula is C15H18O3S2. The first-order valence-electron chi connectivity index (χ1n) is 6.86. The summed E-state index contributed by atoms with van der Waals surface area (Å²) >= 11 is 1.83. The van der Waals surface area contributed by atoms with Gasteiger partial charge in [-0.3, -0.25) is 9.00 Å². The molecule has 1 aliphatic carbocycles. The molecule has 108 valence electrons. The smallest absolute Gasteiger partial charge is 0.303 e. The van der Waals surface area contributed by atoms with Crippen molar-refractivity contribution >= 4 is 28.5 Å². The van der Waals surface area contributed by atoms with E-state index in [1.807, 2.05) is 23.9 Å². The Morgan fingerprint density at radius 2 is 2.15 bits per heavy atom. The highest BCUT2D eigenvalue weighted by Gasteiger charge is 2.45. The third kappa shape index (κ3) is 3.09. The molecule has 2 aliphatic rings. The lowest BCUT2D eigenvalue weighted by Gasteiger charge is -2.15. The van der Waals surface area contributed by atoms with Crippen LogP contribution in [-0.4, -0.2) is 32.5 Å². The van der Waals surface area contributed by atoms with Gasteiger partial charge in [0.1, 0.15) is 0 Å². The zero-order valence-electron chi connectivity index (χ0n) is 11.2. The van der Waals surface area contributed by atoms with Gasteiger partial charge in [-0.2, -0.15) is 0 Å². The maximum atomic E-state index is 12.4. The van der Waals surface area contributed by atoms with Crippen molar-refractivity contribution in [3.05, 3.63) is 29.8 Å². The number of benzene rings is 1. The van der Waals surface area contributed by atoms with Crippen molar-refractivity contribution in [1.82, 2.24) is 0 Å². The Bertz CT molecular complexity index is 552. The first-order valence-corrected chi connectivity index (χ1v) is 9.34. The summed E-state index contributed by atoms with van der Waals surface area (Å²) in [6.07, 6.45) is 2.01. The van der Waals surface area contributed by atoms with Crippen molar-refractivity contribution in [2.45, 2.75) is 30.1 Å². The fourth-order valence-electron chi connectivity index (χ4n) is 2.86. The Labute approximate surface area is 125 Å². The summed E-state index contributed by atoms with van der Waals surface area (Å²) in [5, 5.41) is 8.91. The molecule has 0 radical (unpaired) electrons. The Balaban J connectivity index is 1.59. The van der Waals surface area contributed by atoms with E-state index in [0.717, 1.165) is 18.6 Å². The van der Waals surface area contributed by atoms with Crippen LogP contribution in [0.1, 0.15) is 30.7 Å². The zero-order chi connectivity index (χ0) is 14.2. The van der Waals surface area contributed by atoms with E-state index in [4.69, 9.17) is 5.11 Å². The molecule has 1 heterocycles. The van der Waals surface area contributed by atoms with Crippen LogP contribution in [0.3, 0.4) is 0 Å². The van der Waals surface area contributed by atoms with E-state index in [2.05, 4.69) is 12.1 Å².